The molecule has 0 saturated carbocycles. The molecule has 0 saturated heterocycles. The topological polar surface area (TPSA) is 96.3 Å². The number of anilines is 3. The summed E-state index contributed by atoms with van der Waals surface area (Å²) in [5.41, 5.74) is 2.67. The number of amides is 2. The molecular weight excluding hydrogens is 296 g/mol. The Balaban J connectivity index is 1.65. The first-order valence-corrected chi connectivity index (χ1v) is 7.45. The third-order valence-corrected chi connectivity index (χ3v) is 3.66. The maximum atomic E-state index is 12.1. The van der Waals surface area contributed by atoms with Crippen LogP contribution >= 0.6 is 0 Å². The summed E-state index contributed by atoms with van der Waals surface area (Å²) in [5.74, 6) is 0.812. The van der Waals surface area contributed by atoms with E-state index in [4.69, 9.17) is 4.52 Å². The van der Waals surface area contributed by atoms with Crippen LogP contribution in [0.15, 0.2) is 28.8 Å². The predicted octanol–water partition coefficient (Wildman–Crippen LogP) is 2.31. The molecule has 120 valence electrons. The van der Waals surface area contributed by atoms with Crippen molar-refractivity contribution in [3.05, 3.63) is 35.6 Å². The van der Waals surface area contributed by atoms with Gasteiger partial charge in [-0.3, -0.25) is 9.59 Å². The Morgan fingerprint density at radius 2 is 2.17 bits per heavy atom. The van der Waals surface area contributed by atoms with Gasteiger partial charge in [0.25, 0.3) is 0 Å². The van der Waals surface area contributed by atoms with E-state index in [-0.39, 0.29) is 11.8 Å². The lowest BCUT2D eigenvalue weighted by Crippen LogP contribution is -2.32. The highest BCUT2D eigenvalue weighted by Gasteiger charge is 2.17. The van der Waals surface area contributed by atoms with E-state index in [1.807, 2.05) is 18.2 Å². The van der Waals surface area contributed by atoms with Gasteiger partial charge in [0.15, 0.2) is 5.82 Å². The van der Waals surface area contributed by atoms with Gasteiger partial charge in [-0.15, -0.1) is 0 Å². The van der Waals surface area contributed by atoms with Crippen LogP contribution < -0.4 is 16.0 Å². The monoisotopic (exact) mass is 314 g/mol. The second-order valence-corrected chi connectivity index (χ2v) is 5.60. The van der Waals surface area contributed by atoms with Crippen LogP contribution in [0.3, 0.4) is 0 Å². The van der Waals surface area contributed by atoms with Gasteiger partial charge in [-0.2, -0.15) is 0 Å². The number of hydrogen-bond acceptors (Lipinski definition) is 5. The zero-order valence-corrected chi connectivity index (χ0v) is 13.0. The summed E-state index contributed by atoms with van der Waals surface area (Å²) in [5, 5.41) is 12.4. The average Bonchev–Trinajstić information content (AvgIpc) is 2.91. The Bertz CT molecular complexity index is 754. The van der Waals surface area contributed by atoms with Gasteiger partial charge in [-0.1, -0.05) is 11.2 Å². The molecule has 23 heavy (non-hydrogen) atoms. The van der Waals surface area contributed by atoms with Crippen molar-refractivity contribution in [1.82, 2.24) is 5.16 Å². The normalized spacial score (nSPS) is 14.6. The number of nitrogens with zero attached hydrogens (tertiary/aromatic N) is 1. The van der Waals surface area contributed by atoms with Crippen molar-refractivity contribution >= 4 is 29.0 Å². The fraction of sp³-hybridized carbons (Fsp3) is 0.312. The average molecular weight is 314 g/mol. The molecule has 1 aromatic carbocycles. The maximum absolute atomic E-state index is 12.1. The number of aromatic nitrogens is 1. The number of carbonyl (C=O) groups excluding carboxylic acids is 2. The molecule has 0 spiro atoms. The highest BCUT2D eigenvalue weighted by atomic mass is 16.5. The van der Waals surface area contributed by atoms with Crippen molar-refractivity contribution in [2.24, 2.45) is 0 Å². The fourth-order valence-corrected chi connectivity index (χ4v) is 2.44. The predicted molar refractivity (Wildman–Crippen MR) is 86.3 cm³/mol. The van der Waals surface area contributed by atoms with Crippen LogP contribution in [-0.2, 0) is 16.0 Å². The number of carbonyl (C=O) groups is 2. The summed E-state index contributed by atoms with van der Waals surface area (Å²) in [6, 6.07) is 6.89. The van der Waals surface area contributed by atoms with Gasteiger partial charge in [-0.05, 0) is 38.0 Å². The van der Waals surface area contributed by atoms with Crippen LogP contribution in [0.1, 0.15) is 24.7 Å². The van der Waals surface area contributed by atoms with Crippen LogP contribution in [0.25, 0.3) is 0 Å². The number of fused-ring (bicyclic) bond motifs is 1. The molecule has 0 radical (unpaired) electrons. The number of benzene rings is 1. The van der Waals surface area contributed by atoms with E-state index < -0.39 is 6.04 Å². The Hall–Kier alpha value is -2.83. The van der Waals surface area contributed by atoms with Gasteiger partial charge in [0.05, 0.1) is 0 Å². The molecule has 1 aliphatic rings. The van der Waals surface area contributed by atoms with Crippen LogP contribution in [0.4, 0.5) is 17.2 Å². The van der Waals surface area contributed by atoms with E-state index in [2.05, 4.69) is 21.1 Å². The van der Waals surface area contributed by atoms with Gasteiger partial charge in [0.1, 0.15) is 11.8 Å². The number of nitrogens with one attached hydrogen (secondary N) is 3. The summed E-state index contributed by atoms with van der Waals surface area (Å²) in [6.07, 6.45) is 1.25. The Morgan fingerprint density at radius 1 is 1.35 bits per heavy atom. The summed E-state index contributed by atoms with van der Waals surface area (Å²) < 4.78 is 4.91. The maximum Gasteiger partial charge on any atom is 0.247 e. The molecule has 3 rings (SSSR count). The largest absolute Gasteiger partial charge is 0.374 e. The molecule has 1 aromatic heterocycles. The zero-order chi connectivity index (χ0) is 16.4. The Labute approximate surface area is 133 Å². The van der Waals surface area contributed by atoms with Crippen LogP contribution in [0, 0.1) is 6.92 Å². The second-order valence-electron chi connectivity index (χ2n) is 5.60. The number of aryl methyl sites for hydroxylation is 2. The molecule has 2 heterocycles. The van der Waals surface area contributed by atoms with E-state index in [1.165, 1.54) is 0 Å². The third kappa shape index (κ3) is 3.50. The highest BCUT2D eigenvalue weighted by molar-refractivity contribution is 5.96. The van der Waals surface area contributed by atoms with Crippen LogP contribution in [0.2, 0.25) is 0 Å². The van der Waals surface area contributed by atoms with Gasteiger partial charge in [0.2, 0.25) is 11.8 Å². The number of rotatable bonds is 4. The van der Waals surface area contributed by atoms with Gasteiger partial charge in [-0.25, -0.2) is 0 Å². The molecule has 7 heteroatoms. The summed E-state index contributed by atoms with van der Waals surface area (Å²) in [7, 11) is 0. The van der Waals surface area contributed by atoms with Crippen LogP contribution in [-0.4, -0.2) is 23.0 Å². The lowest BCUT2D eigenvalue weighted by molar-refractivity contribution is -0.117. The smallest absolute Gasteiger partial charge is 0.247 e. The van der Waals surface area contributed by atoms with Crippen molar-refractivity contribution < 1.29 is 14.1 Å². The summed E-state index contributed by atoms with van der Waals surface area (Å²) >= 11 is 0. The van der Waals surface area contributed by atoms with Crippen molar-refractivity contribution in [3.8, 4) is 0 Å². The Kier molecular flexibility index (Phi) is 4.01. The lowest BCUT2D eigenvalue weighted by Gasteiger charge is -2.19. The van der Waals surface area contributed by atoms with E-state index >= 15 is 0 Å². The number of hydrogen-bond donors (Lipinski definition) is 3. The summed E-state index contributed by atoms with van der Waals surface area (Å²) in [4.78, 5) is 23.6. The minimum absolute atomic E-state index is 0.0156. The van der Waals surface area contributed by atoms with Crippen molar-refractivity contribution in [1.29, 1.82) is 0 Å². The highest BCUT2D eigenvalue weighted by Crippen LogP contribution is 2.26. The van der Waals surface area contributed by atoms with E-state index in [9.17, 15) is 9.59 Å². The summed E-state index contributed by atoms with van der Waals surface area (Å²) in [6.45, 7) is 3.51. The van der Waals surface area contributed by atoms with Gasteiger partial charge >= 0.3 is 0 Å². The Morgan fingerprint density at radius 3 is 2.91 bits per heavy atom. The molecular formula is C16H18N4O3. The molecule has 0 aliphatic carbocycles. The first-order chi connectivity index (χ1) is 11.0. The first kappa shape index (κ1) is 15.1. The third-order valence-electron chi connectivity index (χ3n) is 3.66. The SMILES string of the molecule is Cc1cc(NC(=O)C(C)Nc2ccc3c(c2)NC(=O)CC3)no1. The van der Waals surface area contributed by atoms with E-state index in [0.717, 1.165) is 23.4 Å². The van der Waals surface area contributed by atoms with Crippen molar-refractivity contribution in [2.75, 3.05) is 16.0 Å². The molecule has 0 bridgehead atoms. The van der Waals surface area contributed by atoms with Crippen molar-refractivity contribution in [2.45, 2.75) is 32.7 Å². The molecule has 1 aliphatic heterocycles. The quantitative estimate of drug-likeness (QED) is 0.804. The fourth-order valence-electron chi connectivity index (χ4n) is 2.44. The molecule has 0 fully saturated rings. The van der Waals surface area contributed by atoms with Gasteiger partial charge in [0, 0.05) is 23.9 Å². The molecule has 2 amide bonds. The van der Waals surface area contributed by atoms with E-state index in [0.29, 0.717) is 18.0 Å². The van der Waals surface area contributed by atoms with Crippen molar-refractivity contribution in [3.63, 3.8) is 0 Å². The minimum atomic E-state index is -0.468. The van der Waals surface area contributed by atoms with E-state index in [1.54, 1.807) is 19.9 Å². The standard InChI is InChI=1S/C16H18N4O3/c1-9-7-14(20-23-9)19-16(22)10(2)17-12-5-3-11-4-6-15(21)18-13(11)8-12/h3,5,7-8,10,17H,4,6H2,1-2H3,(H,18,21)(H,19,20,22). The lowest BCUT2D eigenvalue weighted by atomic mass is 10.0. The molecule has 7 nitrogen and oxygen atoms in total. The molecule has 2 aromatic rings. The van der Waals surface area contributed by atoms with Crippen LogP contribution in [0.5, 0.6) is 0 Å². The van der Waals surface area contributed by atoms with Gasteiger partial charge < -0.3 is 20.5 Å². The molecule has 1 atom stereocenters. The minimum Gasteiger partial charge on any atom is -0.374 e. The molecule has 1 unspecified atom stereocenters. The molecule has 3 N–H and O–H groups in total. The zero-order valence-electron chi connectivity index (χ0n) is 13.0. The second kappa shape index (κ2) is 6.12. The first-order valence-electron chi connectivity index (χ1n) is 7.45.